The van der Waals surface area contributed by atoms with Crippen LogP contribution in [0.25, 0.3) is 0 Å². The first-order chi connectivity index (χ1) is 9.81. The average molecular weight is 284 g/mol. The lowest BCUT2D eigenvalue weighted by atomic mass is 10.2. The first kappa shape index (κ1) is 16.8. The van der Waals surface area contributed by atoms with Crippen molar-refractivity contribution in [1.82, 2.24) is 0 Å². The van der Waals surface area contributed by atoms with E-state index in [4.69, 9.17) is 24.1 Å². The number of benzene rings is 1. The second-order valence-corrected chi connectivity index (χ2v) is 4.18. The lowest BCUT2D eigenvalue weighted by molar-refractivity contribution is 0.0642. The first-order valence-electron chi connectivity index (χ1n) is 6.87. The van der Waals surface area contributed by atoms with Crippen LogP contribution in [-0.4, -0.2) is 45.3 Å². The van der Waals surface area contributed by atoms with Crippen LogP contribution in [0.4, 0.5) is 0 Å². The van der Waals surface area contributed by atoms with Crippen LogP contribution in [0, 0.1) is 0 Å². The van der Waals surface area contributed by atoms with E-state index >= 15 is 0 Å². The molecule has 0 heterocycles. The highest BCUT2D eigenvalue weighted by molar-refractivity contribution is 5.42. The highest BCUT2D eigenvalue weighted by Crippen LogP contribution is 2.28. The van der Waals surface area contributed by atoms with Gasteiger partial charge in [-0.3, -0.25) is 0 Å². The van der Waals surface area contributed by atoms with E-state index in [9.17, 15) is 0 Å². The molecule has 0 aromatic heterocycles. The summed E-state index contributed by atoms with van der Waals surface area (Å²) in [5.74, 6) is 1.36. The number of ether oxygens (including phenoxy) is 4. The fourth-order valence-corrected chi connectivity index (χ4v) is 1.63. The van der Waals surface area contributed by atoms with Crippen molar-refractivity contribution in [3.05, 3.63) is 23.8 Å². The van der Waals surface area contributed by atoms with E-state index < -0.39 is 0 Å². The van der Waals surface area contributed by atoms with Crippen molar-refractivity contribution >= 4 is 0 Å². The summed E-state index contributed by atoms with van der Waals surface area (Å²) in [5.41, 5.74) is 0.809. The van der Waals surface area contributed by atoms with Gasteiger partial charge in [-0.1, -0.05) is 6.07 Å². The van der Waals surface area contributed by atoms with Crippen molar-refractivity contribution in [2.75, 3.05) is 40.1 Å². The van der Waals surface area contributed by atoms with Gasteiger partial charge in [0.25, 0.3) is 0 Å². The molecule has 1 rings (SSSR count). The molecule has 0 spiro atoms. The number of aliphatic hydroxyl groups excluding tert-OH is 1. The Morgan fingerprint density at radius 2 is 1.85 bits per heavy atom. The van der Waals surface area contributed by atoms with Gasteiger partial charge in [-0.15, -0.1) is 0 Å². The summed E-state index contributed by atoms with van der Waals surface area (Å²) >= 11 is 0. The molecule has 20 heavy (non-hydrogen) atoms. The molecule has 0 aliphatic heterocycles. The fraction of sp³-hybridized carbons (Fsp3) is 0.600. The van der Waals surface area contributed by atoms with Gasteiger partial charge < -0.3 is 24.1 Å². The zero-order chi connectivity index (χ0) is 14.6. The quantitative estimate of drug-likeness (QED) is 0.630. The molecule has 0 aliphatic rings. The predicted octanol–water partition coefficient (Wildman–Crippen LogP) is 2.01. The summed E-state index contributed by atoms with van der Waals surface area (Å²) in [5, 5.41) is 9.11. The van der Waals surface area contributed by atoms with Crippen molar-refractivity contribution in [2.24, 2.45) is 0 Å². The Morgan fingerprint density at radius 3 is 2.55 bits per heavy atom. The molecule has 0 radical (unpaired) electrons. The minimum absolute atomic E-state index is 0.00626. The van der Waals surface area contributed by atoms with Gasteiger partial charge in [0.2, 0.25) is 0 Å². The van der Waals surface area contributed by atoms with Gasteiger partial charge in [-0.05, 0) is 24.6 Å². The van der Waals surface area contributed by atoms with Gasteiger partial charge >= 0.3 is 0 Å². The monoisotopic (exact) mass is 284 g/mol. The smallest absolute Gasteiger partial charge is 0.161 e. The molecule has 0 saturated heterocycles. The summed E-state index contributed by atoms with van der Waals surface area (Å²) in [4.78, 5) is 0. The van der Waals surface area contributed by atoms with Crippen LogP contribution in [-0.2, 0) is 16.1 Å². The summed E-state index contributed by atoms with van der Waals surface area (Å²) in [6.07, 6.45) is 0.803. The van der Waals surface area contributed by atoms with Crippen molar-refractivity contribution in [1.29, 1.82) is 0 Å². The number of methoxy groups -OCH3 is 1. The third-order valence-electron chi connectivity index (χ3n) is 2.61. The fourth-order valence-electron chi connectivity index (χ4n) is 1.63. The van der Waals surface area contributed by atoms with Crippen LogP contribution < -0.4 is 9.47 Å². The standard InChI is InChI=1S/C15H24O5/c1-3-19-15-11-13(12-16)5-6-14(15)20-8-4-7-18-10-9-17-2/h5-6,11,16H,3-4,7-10,12H2,1-2H3. The maximum atomic E-state index is 9.11. The second kappa shape index (κ2) is 10.5. The molecule has 0 bridgehead atoms. The maximum absolute atomic E-state index is 9.11. The van der Waals surface area contributed by atoms with Gasteiger partial charge in [0, 0.05) is 20.1 Å². The lowest BCUT2D eigenvalue weighted by Gasteiger charge is -2.13. The van der Waals surface area contributed by atoms with E-state index in [0.717, 1.165) is 12.0 Å². The van der Waals surface area contributed by atoms with Crippen molar-refractivity contribution in [3.8, 4) is 11.5 Å². The van der Waals surface area contributed by atoms with E-state index in [1.807, 2.05) is 19.1 Å². The van der Waals surface area contributed by atoms with Gasteiger partial charge in [0.15, 0.2) is 11.5 Å². The minimum atomic E-state index is -0.00626. The normalized spacial score (nSPS) is 10.6. The van der Waals surface area contributed by atoms with Crippen LogP contribution in [0.15, 0.2) is 18.2 Å². The summed E-state index contributed by atoms with van der Waals surface area (Å²) in [6, 6.07) is 5.45. The van der Waals surface area contributed by atoms with Crippen LogP contribution in [0.5, 0.6) is 11.5 Å². The van der Waals surface area contributed by atoms with Gasteiger partial charge in [-0.2, -0.15) is 0 Å². The molecule has 0 saturated carbocycles. The first-order valence-corrected chi connectivity index (χ1v) is 6.87. The molecular weight excluding hydrogens is 260 g/mol. The maximum Gasteiger partial charge on any atom is 0.161 e. The van der Waals surface area contributed by atoms with E-state index in [0.29, 0.717) is 44.5 Å². The zero-order valence-corrected chi connectivity index (χ0v) is 12.3. The molecule has 0 unspecified atom stereocenters. The second-order valence-electron chi connectivity index (χ2n) is 4.18. The highest BCUT2D eigenvalue weighted by Gasteiger charge is 2.06. The molecule has 1 aromatic rings. The minimum Gasteiger partial charge on any atom is -0.490 e. The molecule has 5 heteroatoms. The average Bonchev–Trinajstić information content (AvgIpc) is 2.47. The predicted molar refractivity (Wildman–Crippen MR) is 76.3 cm³/mol. The lowest BCUT2D eigenvalue weighted by Crippen LogP contribution is -2.07. The Balaban J connectivity index is 2.35. The third-order valence-corrected chi connectivity index (χ3v) is 2.61. The summed E-state index contributed by atoms with van der Waals surface area (Å²) < 4.78 is 21.4. The number of hydrogen-bond donors (Lipinski definition) is 1. The van der Waals surface area contributed by atoms with Crippen LogP contribution in [0.3, 0.4) is 0 Å². The Morgan fingerprint density at radius 1 is 1.00 bits per heavy atom. The molecule has 0 aliphatic carbocycles. The Bertz CT molecular complexity index is 367. The van der Waals surface area contributed by atoms with E-state index in [1.165, 1.54) is 0 Å². The molecule has 0 fully saturated rings. The van der Waals surface area contributed by atoms with E-state index in [1.54, 1.807) is 13.2 Å². The Hall–Kier alpha value is -1.30. The summed E-state index contributed by atoms with van der Waals surface area (Å²) in [7, 11) is 1.65. The van der Waals surface area contributed by atoms with Crippen LogP contribution in [0.1, 0.15) is 18.9 Å². The third kappa shape index (κ3) is 6.23. The molecule has 114 valence electrons. The van der Waals surface area contributed by atoms with Crippen molar-refractivity contribution in [2.45, 2.75) is 20.0 Å². The van der Waals surface area contributed by atoms with Crippen LogP contribution >= 0.6 is 0 Å². The molecular formula is C15H24O5. The molecule has 1 N–H and O–H groups in total. The van der Waals surface area contributed by atoms with Crippen LogP contribution in [0.2, 0.25) is 0 Å². The van der Waals surface area contributed by atoms with Crippen molar-refractivity contribution < 1.29 is 24.1 Å². The number of aliphatic hydroxyl groups is 1. The van der Waals surface area contributed by atoms with E-state index in [2.05, 4.69) is 0 Å². The molecule has 5 nitrogen and oxygen atoms in total. The molecule has 0 amide bonds. The topological polar surface area (TPSA) is 57.2 Å². The summed E-state index contributed by atoms with van der Waals surface area (Å²) in [6.45, 7) is 4.88. The highest BCUT2D eigenvalue weighted by atomic mass is 16.5. The SMILES string of the molecule is CCOc1cc(CO)ccc1OCCCOCCOC. The number of rotatable bonds is 11. The van der Waals surface area contributed by atoms with Gasteiger partial charge in [-0.25, -0.2) is 0 Å². The molecule has 1 aromatic carbocycles. The van der Waals surface area contributed by atoms with Crippen molar-refractivity contribution in [3.63, 3.8) is 0 Å². The Kier molecular flexibility index (Phi) is 8.78. The van der Waals surface area contributed by atoms with Gasteiger partial charge in [0.1, 0.15) is 0 Å². The number of hydrogen-bond acceptors (Lipinski definition) is 5. The Labute approximate surface area is 120 Å². The zero-order valence-electron chi connectivity index (χ0n) is 12.3. The van der Waals surface area contributed by atoms with Gasteiger partial charge in [0.05, 0.1) is 33.0 Å². The molecule has 0 atom stereocenters. The largest absolute Gasteiger partial charge is 0.490 e. The van der Waals surface area contributed by atoms with E-state index in [-0.39, 0.29) is 6.61 Å².